The maximum atomic E-state index is 11.7. The Morgan fingerprint density at radius 2 is 1.69 bits per heavy atom. The van der Waals surface area contributed by atoms with E-state index in [1.54, 1.807) is 18.2 Å². The second-order valence-corrected chi connectivity index (χ2v) is 5.46. The maximum absolute atomic E-state index is 11.7. The number of carbonyl (C=O) groups is 1. The summed E-state index contributed by atoms with van der Waals surface area (Å²) in [6, 6.07) is 4.85. The molecule has 1 fully saturated rings. The fourth-order valence-electron chi connectivity index (χ4n) is 2.29. The minimum atomic E-state index is -0.444. The van der Waals surface area contributed by atoms with Crippen molar-refractivity contribution in [2.45, 2.75) is 6.10 Å². The summed E-state index contributed by atoms with van der Waals surface area (Å²) in [7, 11) is 2.86. The Bertz CT molecular complexity index is 536. The number of rotatable bonds is 5. The third-order valence-corrected chi connectivity index (χ3v) is 3.64. The molecule has 146 valence electrons. The normalized spacial score (nSPS) is 19.7. The molecule has 8 nitrogen and oxygen atoms in total. The molecule has 0 aliphatic carbocycles. The van der Waals surface area contributed by atoms with Crippen LogP contribution in [0.15, 0.2) is 18.2 Å². The quantitative estimate of drug-likeness (QED) is 0.718. The van der Waals surface area contributed by atoms with E-state index in [1.165, 1.54) is 14.2 Å². The first-order valence-electron chi connectivity index (χ1n) is 8.48. The number of carbonyl (C=O) groups excluding carboxylic acids is 1. The number of hydrogen-bond acceptors (Lipinski definition) is 8. The molecule has 1 aliphatic rings. The molecule has 1 heterocycles. The highest BCUT2D eigenvalue weighted by molar-refractivity contribution is 5.90. The molecule has 1 aliphatic heterocycles. The van der Waals surface area contributed by atoms with E-state index in [9.17, 15) is 4.79 Å². The second-order valence-electron chi connectivity index (χ2n) is 5.46. The molecule has 0 spiro atoms. The summed E-state index contributed by atoms with van der Waals surface area (Å²) >= 11 is 0. The molecule has 1 unspecified atom stereocenters. The van der Waals surface area contributed by atoms with Gasteiger partial charge < -0.3 is 33.2 Å². The van der Waals surface area contributed by atoms with E-state index in [4.69, 9.17) is 33.2 Å². The third kappa shape index (κ3) is 6.80. The number of benzene rings is 1. The highest BCUT2D eigenvalue weighted by Crippen LogP contribution is 2.28. The van der Waals surface area contributed by atoms with Gasteiger partial charge in [0.05, 0.1) is 66.0 Å². The van der Waals surface area contributed by atoms with Crippen LogP contribution in [0.4, 0.5) is 0 Å². The number of hydrogen-bond donors (Lipinski definition) is 0. The van der Waals surface area contributed by atoms with Gasteiger partial charge in [0, 0.05) is 0 Å². The molecule has 1 aromatic rings. The molecule has 0 radical (unpaired) electrons. The number of methoxy groups -OCH3 is 2. The molecule has 0 aromatic heterocycles. The Balaban J connectivity index is 1.96. The van der Waals surface area contributed by atoms with Gasteiger partial charge in [-0.05, 0) is 18.2 Å². The molecular formula is C18H26O8. The Morgan fingerprint density at radius 3 is 2.38 bits per heavy atom. The summed E-state index contributed by atoms with van der Waals surface area (Å²) in [4.78, 5) is 11.7. The Morgan fingerprint density at radius 1 is 1.00 bits per heavy atom. The van der Waals surface area contributed by atoms with Gasteiger partial charge in [-0.2, -0.15) is 0 Å². The molecule has 1 aromatic carbocycles. The van der Waals surface area contributed by atoms with Gasteiger partial charge in [0.25, 0.3) is 0 Å². The van der Waals surface area contributed by atoms with Crippen molar-refractivity contribution in [2.24, 2.45) is 0 Å². The van der Waals surface area contributed by atoms with Crippen LogP contribution in [0.1, 0.15) is 10.4 Å². The van der Waals surface area contributed by atoms with Crippen LogP contribution < -0.4 is 9.47 Å². The largest absolute Gasteiger partial charge is 0.493 e. The smallest absolute Gasteiger partial charge is 0.337 e. The van der Waals surface area contributed by atoms with Gasteiger partial charge in [0.15, 0.2) is 11.5 Å². The van der Waals surface area contributed by atoms with E-state index < -0.39 is 5.97 Å². The van der Waals surface area contributed by atoms with E-state index in [1.807, 2.05) is 0 Å². The van der Waals surface area contributed by atoms with Crippen molar-refractivity contribution in [1.29, 1.82) is 0 Å². The molecule has 0 saturated carbocycles. The first kappa shape index (κ1) is 20.4. The van der Waals surface area contributed by atoms with Crippen LogP contribution in [0.5, 0.6) is 11.5 Å². The third-order valence-electron chi connectivity index (χ3n) is 3.64. The highest BCUT2D eigenvalue weighted by atomic mass is 16.6. The molecule has 0 N–H and O–H groups in total. The molecule has 1 saturated heterocycles. The van der Waals surface area contributed by atoms with E-state index in [0.29, 0.717) is 63.3 Å². The zero-order chi connectivity index (χ0) is 18.6. The molecule has 26 heavy (non-hydrogen) atoms. The van der Waals surface area contributed by atoms with E-state index >= 15 is 0 Å². The first-order chi connectivity index (χ1) is 12.7. The van der Waals surface area contributed by atoms with Crippen molar-refractivity contribution < 1.29 is 38.0 Å². The van der Waals surface area contributed by atoms with Gasteiger partial charge in [-0.1, -0.05) is 0 Å². The van der Waals surface area contributed by atoms with E-state index in [2.05, 4.69) is 0 Å². The standard InChI is InChI=1S/C18H26O8/c1-20-16-4-3-14(18(19)21-2)11-17(16)26-13-15-12-24-8-7-22-5-6-23-9-10-25-15/h3-4,11,15H,5-10,12-13H2,1-2H3. The minimum absolute atomic E-state index is 0.238. The van der Waals surface area contributed by atoms with Gasteiger partial charge in [0.2, 0.25) is 0 Å². The summed E-state index contributed by atoms with van der Waals surface area (Å²) in [5.41, 5.74) is 0.379. The van der Waals surface area contributed by atoms with Crippen LogP contribution in [-0.4, -0.2) is 79.1 Å². The average Bonchev–Trinajstić information content (AvgIpc) is 2.66. The average molecular weight is 370 g/mol. The molecule has 0 bridgehead atoms. The lowest BCUT2D eigenvalue weighted by molar-refractivity contribution is -0.0775. The van der Waals surface area contributed by atoms with Crippen molar-refractivity contribution in [3.63, 3.8) is 0 Å². The van der Waals surface area contributed by atoms with Crippen LogP contribution >= 0.6 is 0 Å². The summed E-state index contributed by atoms with van der Waals surface area (Å²) in [5.74, 6) is 0.508. The molecular weight excluding hydrogens is 344 g/mol. The first-order valence-corrected chi connectivity index (χ1v) is 8.48. The van der Waals surface area contributed by atoms with Crippen LogP contribution in [0.3, 0.4) is 0 Å². The fourth-order valence-corrected chi connectivity index (χ4v) is 2.29. The number of ether oxygens (including phenoxy) is 7. The van der Waals surface area contributed by atoms with Crippen molar-refractivity contribution in [1.82, 2.24) is 0 Å². The summed E-state index contributed by atoms with van der Waals surface area (Å²) in [5, 5.41) is 0. The summed E-state index contributed by atoms with van der Waals surface area (Å²) in [6.45, 7) is 3.56. The van der Waals surface area contributed by atoms with Crippen LogP contribution in [0, 0.1) is 0 Å². The zero-order valence-electron chi connectivity index (χ0n) is 15.2. The summed E-state index contributed by atoms with van der Waals surface area (Å²) in [6.07, 6.45) is -0.287. The minimum Gasteiger partial charge on any atom is -0.493 e. The van der Waals surface area contributed by atoms with Crippen molar-refractivity contribution in [3.05, 3.63) is 23.8 Å². The fraction of sp³-hybridized carbons (Fsp3) is 0.611. The van der Waals surface area contributed by atoms with Gasteiger partial charge in [-0.25, -0.2) is 4.79 Å². The molecule has 2 rings (SSSR count). The molecule has 1 atom stereocenters. The van der Waals surface area contributed by atoms with Gasteiger partial charge in [0.1, 0.15) is 12.7 Å². The maximum Gasteiger partial charge on any atom is 0.337 e. The lowest BCUT2D eigenvalue weighted by Gasteiger charge is -2.20. The Kier molecular flexibility index (Phi) is 9.19. The SMILES string of the molecule is COC(=O)c1ccc(OC)c(OCC2COCCOCCOCCO2)c1. The highest BCUT2D eigenvalue weighted by Gasteiger charge is 2.16. The monoisotopic (exact) mass is 370 g/mol. The lowest BCUT2D eigenvalue weighted by atomic mass is 10.2. The lowest BCUT2D eigenvalue weighted by Crippen LogP contribution is -2.30. The topological polar surface area (TPSA) is 81.7 Å². The van der Waals surface area contributed by atoms with Crippen molar-refractivity contribution in [2.75, 3.05) is 67.1 Å². The van der Waals surface area contributed by atoms with Crippen molar-refractivity contribution >= 4 is 5.97 Å². The van der Waals surface area contributed by atoms with E-state index in [0.717, 1.165) is 0 Å². The van der Waals surface area contributed by atoms with Crippen LogP contribution in [-0.2, 0) is 23.7 Å². The molecule has 0 amide bonds. The predicted octanol–water partition coefficient (Wildman–Crippen LogP) is 1.31. The number of esters is 1. The van der Waals surface area contributed by atoms with Gasteiger partial charge in [-0.3, -0.25) is 0 Å². The van der Waals surface area contributed by atoms with Crippen LogP contribution in [0.25, 0.3) is 0 Å². The molecule has 8 heteroatoms. The second kappa shape index (κ2) is 11.7. The van der Waals surface area contributed by atoms with E-state index in [-0.39, 0.29) is 12.7 Å². The van der Waals surface area contributed by atoms with Crippen molar-refractivity contribution in [3.8, 4) is 11.5 Å². The summed E-state index contributed by atoms with van der Waals surface area (Å²) < 4.78 is 37.9. The Labute approximate surface area is 153 Å². The van der Waals surface area contributed by atoms with Gasteiger partial charge >= 0.3 is 5.97 Å². The Hall–Kier alpha value is -1.87. The van der Waals surface area contributed by atoms with Crippen LogP contribution in [0.2, 0.25) is 0 Å². The zero-order valence-corrected chi connectivity index (χ0v) is 15.2. The predicted molar refractivity (Wildman–Crippen MR) is 92.0 cm³/mol. The van der Waals surface area contributed by atoms with Gasteiger partial charge in [-0.15, -0.1) is 0 Å².